The zero-order chi connectivity index (χ0) is 46.3. The maximum absolute atomic E-state index is 13.9. The first-order chi connectivity index (χ1) is 31.1. The van der Waals surface area contributed by atoms with Crippen LogP contribution in [0.3, 0.4) is 0 Å². The molecule has 2 fully saturated rings. The van der Waals surface area contributed by atoms with Crippen molar-refractivity contribution < 1.29 is 28.7 Å². The molecule has 1 aliphatic carbocycles. The Morgan fingerprint density at radius 2 is 1.09 bits per heavy atom. The number of amides is 4. The second-order valence-electron chi connectivity index (χ2n) is 19.3. The molecule has 65 heavy (non-hydrogen) atoms. The molecule has 0 radical (unpaired) electrons. The van der Waals surface area contributed by atoms with Gasteiger partial charge in [-0.25, -0.2) is 19.6 Å². The molecule has 4 heterocycles. The van der Waals surface area contributed by atoms with Gasteiger partial charge in [-0.05, 0) is 88.4 Å². The minimum atomic E-state index is -0.713. The fourth-order valence-corrected chi connectivity index (χ4v) is 9.81. The molecule has 4 amide bonds. The zero-order valence-corrected chi connectivity index (χ0v) is 39.0. The Kier molecular flexibility index (Phi) is 12.6. The van der Waals surface area contributed by atoms with Crippen LogP contribution in [-0.2, 0) is 24.5 Å². The van der Waals surface area contributed by atoms with Crippen LogP contribution in [0, 0.1) is 11.8 Å². The number of fused-ring (bicyclic) bond motifs is 3. The molecule has 342 valence electrons. The molecule has 0 saturated carbocycles. The molecule has 8 rings (SSSR count). The summed E-state index contributed by atoms with van der Waals surface area (Å²) in [6, 6.07) is 20.2. The highest BCUT2D eigenvalue weighted by Crippen LogP contribution is 2.50. The van der Waals surface area contributed by atoms with Gasteiger partial charge < -0.3 is 39.9 Å². The number of aromatic amines is 2. The first-order valence-corrected chi connectivity index (χ1v) is 22.9. The van der Waals surface area contributed by atoms with E-state index in [2.05, 4.69) is 102 Å². The van der Waals surface area contributed by atoms with E-state index in [1.54, 1.807) is 0 Å². The van der Waals surface area contributed by atoms with Crippen molar-refractivity contribution in [1.82, 2.24) is 40.4 Å². The lowest BCUT2D eigenvalue weighted by Gasteiger charge is -2.29. The maximum atomic E-state index is 13.9. The molecule has 14 nitrogen and oxygen atoms in total. The molecule has 4 N–H and O–H groups in total. The Labute approximate surface area is 381 Å². The Morgan fingerprint density at radius 1 is 0.662 bits per heavy atom. The van der Waals surface area contributed by atoms with Crippen molar-refractivity contribution in [3.63, 3.8) is 0 Å². The minimum Gasteiger partial charge on any atom is -0.453 e. The lowest BCUT2D eigenvalue weighted by atomic mass is 9.83. The quantitative estimate of drug-likeness (QED) is 0.0998. The van der Waals surface area contributed by atoms with Crippen LogP contribution >= 0.6 is 0 Å². The molecule has 3 aromatic carbocycles. The number of benzene rings is 3. The first kappa shape index (κ1) is 45.1. The molecule has 4 atom stereocenters. The van der Waals surface area contributed by atoms with Gasteiger partial charge in [0.2, 0.25) is 11.8 Å². The number of likely N-dealkylation sites (tertiary alicyclic amines) is 2. The summed E-state index contributed by atoms with van der Waals surface area (Å²) in [7, 11) is 2.59. The van der Waals surface area contributed by atoms with Gasteiger partial charge >= 0.3 is 12.2 Å². The summed E-state index contributed by atoms with van der Waals surface area (Å²) in [5.74, 6) is 0.822. The number of H-pyrrole nitrogens is 2. The number of aromatic nitrogens is 4. The molecule has 5 aromatic rings. The number of alkyl carbamates (subject to hydrolysis) is 2. The Morgan fingerprint density at radius 3 is 1.48 bits per heavy atom. The van der Waals surface area contributed by atoms with Crippen molar-refractivity contribution in [2.75, 3.05) is 27.3 Å². The predicted molar refractivity (Wildman–Crippen MR) is 249 cm³/mol. The van der Waals surface area contributed by atoms with Crippen LogP contribution in [0.5, 0.6) is 0 Å². The number of rotatable bonds is 11. The number of ether oxygens (including phenoxy) is 2. The van der Waals surface area contributed by atoms with E-state index in [0.717, 1.165) is 71.0 Å². The van der Waals surface area contributed by atoms with Crippen molar-refractivity contribution in [2.45, 2.75) is 110 Å². The number of carbonyl (C=O) groups excluding carboxylic acids is 4. The molecule has 0 spiro atoms. The summed E-state index contributed by atoms with van der Waals surface area (Å²) < 4.78 is 9.65. The number of hydrogen-bond acceptors (Lipinski definition) is 8. The lowest BCUT2D eigenvalue weighted by Crippen LogP contribution is -2.51. The van der Waals surface area contributed by atoms with Gasteiger partial charge in [0, 0.05) is 42.5 Å². The molecular weight excluding hydrogens is 821 g/mol. The highest BCUT2D eigenvalue weighted by Gasteiger charge is 2.40. The van der Waals surface area contributed by atoms with Crippen molar-refractivity contribution in [3.05, 3.63) is 107 Å². The largest absolute Gasteiger partial charge is 0.453 e. The highest BCUT2D eigenvalue weighted by molar-refractivity contribution is 5.88. The number of methoxy groups -OCH3 is 2. The van der Waals surface area contributed by atoms with E-state index in [9.17, 15) is 19.2 Å². The number of carbonyl (C=O) groups is 4. The minimum absolute atomic E-state index is 0.000181. The molecule has 2 aromatic heterocycles. The number of hydrogen-bond donors (Lipinski definition) is 4. The van der Waals surface area contributed by atoms with Crippen LogP contribution in [0.1, 0.15) is 126 Å². The van der Waals surface area contributed by atoms with E-state index in [1.165, 1.54) is 36.5 Å². The number of nitrogens with one attached hydrogen (secondary N) is 4. The normalized spacial score (nSPS) is 18.1. The van der Waals surface area contributed by atoms with Crippen molar-refractivity contribution in [1.29, 1.82) is 0 Å². The molecule has 14 heteroatoms. The topological polar surface area (TPSA) is 175 Å². The molecular formula is C51H62N8O6. The van der Waals surface area contributed by atoms with Gasteiger partial charge in [0.25, 0.3) is 0 Å². The van der Waals surface area contributed by atoms with E-state index in [4.69, 9.17) is 19.4 Å². The third-order valence-electron chi connectivity index (χ3n) is 13.4. The average molecular weight is 883 g/mol. The summed E-state index contributed by atoms with van der Waals surface area (Å²) in [5.41, 5.74) is 10.6. The van der Waals surface area contributed by atoms with Crippen molar-refractivity contribution in [2.24, 2.45) is 11.8 Å². The van der Waals surface area contributed by atoms with Crippen LogP contribution in [-0.4, -0.2) is 93.1 Å². The van der Waals surface area contributed by atoms with Crippen LogP contribution in [0.2, 0.25) is 0 Å². The lowest BCUT2D eigenvalue weighted by molar-refractivity contribution is -0.136. The highest BCUT2D eigenvalue weighted by atomic mass is 16.5. The van der Waals surface area contributed by atoms with E-state index in [0.29, 0.717) is 13.1 Å². The molecule has 2 saturated heterocycles. The molecule has 0 unspecified atom stereocenters. The van der Waals surface area contributed by atoms with Gasteiger partial charge in [0.1, 0.15) is 23.7 Å². The van der Waals surface area contributed by atoms with Gasteiger partial charge in [0.15, 0.2) is 0 Å². The summed E-state index contributed by atoms with van der Waals surface area (Å²) in [6.07, 6.45) is 5.77. The van der Waals surface area contributed by atoms with Gasteiger partial charge in [-0.15, -0.1) is 0 Å². The Hall–Kier alpha value is -6.44. The number of nitrogens with zero attached hydrogens (tertiary/aromatic N) is 4. The number of imidazole rings is 2. The smallest absolute Gasteiger partial charge is 0.407 e. The van der Waals surface area contributed by atoms with Crippen LogP contribution < -0.4 is 10.6 Å². The van der Waals surface area contributed by atoms with Gasteiger partial charge in [-0.2, -0.15) is 0 Å². The second-order valence-corrected chi connectivity index (χ2v) is 19.3. The summed E-state index contributed by atoms with van der Waals surface area (Å²) in [6.45, 7) is 15.5. The molecule has 2 aliphatic heterocycles. The maximum Gasteiger partial charge on any atom is 0.407 e. The van der Waals surface area contributed by atoms with Gasteiger partial charge in [-0.3, -0.25) is 9.59 Å². The Bertz CT molecular complexity index is 2420. The Balaban J connectivity index is 1.10. The van der Waals surface area contributed by atoms with E-state index in [1.807, 2.05) is 49.9 Å². The van der Waals surface area contributed by atoms with Crippen molar-refractivity contribution in [3.8, 4) is 33.6 Å². The van der Waals surface area contributed by atoms with E-state index >= 15 is 0 Å². The predicted octanol–water partition coefficient (Wildman–Crippen LogP) is 9.01. The summed E-state index contributed by atoms with van der Waals surface area (Å²) >= 11 is 0. The summed E-state index contributed by atoms with van der Waals surface area (Å²) in [4.78, 5) is 72.7. The van der Waals surface area contributed by atoms with E-state index in [-0.39, 0.29) is 47.1 Å². The fraction of sp³-hybridized carbons (Fsp3) is 0.451. The zero-order valence-electron chi connectivity index (χ0n) is 39.0. The van der Waals surface area contributed by atoms with Crippen molar-refractivity contribution >= 4 is 24.0 Å². The van der Waals surface area contributed by atoms with Crippen LogP contribution in [0.4, 0.5) is 9.59 Å². The van der Waals surface area contributed by atoms with E-state index < -0.39 is 24.3 Å². The van der Waals surface area contributed by atoms with Gasteiger partial charge in [0.05, 0.1) is 37.7 Å². The first-order valence-electron chi connectivity index (χ1n) is 22.9. The molecule has 0 bridgehead atoms. The fourth-order valence-electron chi connectivity index (χ4n) is 9.81. The third-order valence-corrected chi connectivity index (χ3v) is 13.4. The second kappa shape index (κ2) is 18.2. The third kappa shape index (κ3) is 8.87. The van der Waals surface area contributed by atoms with Crippen LogP contribution in [0.25, 0.3) is 33.6 Å². The van der Waals surface area contributed by atoms with Gasteiger partial charge in [-0.1, -0.05) is 97.0 Å². The monoisotopic (exact) mass is 882 g/mol. The SMILES string of the molecule is COC(=O)N[C@H](C(=O)N1CCC[C@H]1c1nc(-c2ccc3c(c2)C(c2ccc(C(C)(C)C)cc2)c2cc(-c4c[nH]c([C@@H]5CCCN5C(=O)[C@@H](NC(=O)OC)C(C)C)n4)ccc2-3)c[nH]1)C(C)C. The standard InChI is InChI=1S/C51H62N8O6/c1-28(2)43(56-49(62)64-8)47(60)58-22-10-12-40(58)45-52-26-38(54-45)31-16-20-34-35-21-17-32(25-37(35)42(36(34)24-31)30-14-18-33(19-15-30)51(5,6)7)39-27-53-46(55-39)41-13-11-23-59(41)48(61)44(29(3)4)57-50(63)65-9/h14-21,24-29,40-44H,10-13,22-23H2,1-9H3,(H,52,54)(H,53,55)(H,56,62)(H,57,63)/t40-,41-,43-,44-/m0/s1. The average Bonchev–Trinajstić information content (AvgIpc) is 4.15. The van der Waals surface area contributed by atoms with Crippen LogP contribution in [0.15, 0.2) is 73.1 Å². The summed E-state index contributed by atoms with van der Waals surface area (Å²) in [5, 5.41) is 5.47. The molecule has 3 aliphatic rings.